The number of amides is 3. The molecule has 122 valence electrons. The average Bonchev–Trinajstić information content (AvgIpc) is 2.84. The molecule has 0 saturated carbocycles. The molecule has 3 amide bonds. The van der Waals surface area contributed by atoms with Crippen molar-refractivity contribution in [3.8, 4) is 0 Å². The molecule has 0 bridgehead atoms. The highest BCUT2D eigenvalue weighted by atomic mass is 16.7. The first-order valence-electron chi connectivity index (χ1n) is 7.04. The van der Waals surface area contributed by atoms with Crippen molar-refractivity contribution >= 4 is 23.7 Å². The van der Waals surface area contributed by atoms with Gasteiger partial charge in [-0.1, -0.05) is 13.8 Å². The maximum Gasteiger partial charge on any atom is 0.355 e. The summed E-state index contributed by atoms with van der Waals surface area (Å²) in [6.45, 7) is 3.38. The van der Waals surface area contributed by atoms with E-state index in [4.69, 9.17) is 4.84 Å². The highest BCUT2D eigenvalue weighted by Gasteiger charge is 2.36. The summed E-state index contributed by atoms with van der Waals surface area (Å²) in [7, 11) is 0. The van der Waals surface area contributed by atoms with Crippen molar-refractivity contribution in [3.05, 3.63) is 24.3 Å². The van der Waals surface area contributed by atoms with Gasteiger partial charge in [0.05, 0.1) is 6.20 Å². The smallest absolute Gasteiger partial charge is 0.337 e. The number of carbonyl (C=O) groups excluding carboxylic acids is 4. The lowest BCUT2D eigenvalue weighted by molar-refractivity contribution is -0.199. The first-order chi connectivity index (χ1) is 10.9. The first-order valence-corrected chi connectivity index (χ1v) is 7.04. The Balaban J connectivity index is 2.06. The molecule has 2 heterocycles. The van der Waals surface area contributed by atoms with Crippen molar-refractivity contribution < 1.29 is 24.0 Å². The lowest BCUT2D eigenvalue weighted by Crippen LogP contribution is -2.48. The summed E-state index contributed by atoms with van der Waals surface area (Å²) >= 11 is 0. The third kappa shape index (κ3) is 3.87. The van der Waals surface area contributed by atoms with Crippen LogP contribution in [0.2, 0.25) is 0 Å². The van der Waals surface area contributed by atoms with E-state index < -0.39 is 29.7 Å². The van der Waals surface area contributed by atoms with Crippen molar-refractivity contribution in [2.75, 3.05) is 0 Å². The van der Waals surface area contributed by atoms with Crippen molar-refractivity contribution in [1.29, 1.82) is 0 Å². The van der Waals surface area contributed by atoms with Crippen molar-refractivity contribution in [3.63, 3.8) is 0 Å². The Labute approximate surface area is 132 Å². The van der Waals surface area contributed by atoms with Gasteiger partial charge in [0.2, 0.25) is 0 Å². The van der Waals surface area contributed by atoms with Gasteiger partial charge in [-0.15, -0.1) is 5.06 Å². The second-order valence-corrected chi connectivity index (χ2v) is 5.28. The van der Waals surface area contributed by atoms with Crippen LogP contribution in [0.15, 0.2) is 18.6 Å². The molecular formula is C14H16N4O5. The van der Waals surface area contributed by atoms with Crippen molar-refractivity contribution in [2.45, 2.75) is 32.7 Å². The molecule has 1 unspecified atom stereocenters. The van der Waals surface area contributed by atoms with Crippen LogP contribution in [-0.2, 0) is 19.2 Å². The molecular weight excluding hydrogens is 304 g/mol. The summed E-state index contributed by atoms with van der Waals surface area (Å²) in [5.41, 5.74) is 0.0410. The standard InChI is InChI=1S/C14H16N4O5/c1-8(2)12(17-13(21)9-7-15-5-6-16-9)14(22)23-18-10(19)3-4-11(18)20/h5-8,12H,3-4H2,1-2H3,(H,17,21). The van der Waals surface area contributed by atoms with Crippen LogP contribution in [0.1, 0.15) is 37.2 Å². The minimum atomic E-state index is -1.04. The predicted molar refractivity (Wildman–Crippen MR) is 75.3 cm³/mol. The highest BCUT2D eigenvalue weighted by molar-refractivity contribution is 6.02. The van der Waals surface area contributed by atoms with Crippen LogP contribution in [0.4, 0.5) is 0 Å². The molecule has 1 fully saturated rings. The molecule has 0 aromatic carbocycles. The average molecular weight is 320 g/mol. The number of imide groups is 1. The van der Waals surface area contributed by atoms with Gasteiger partial charge in [-0.3, -0.25) is 19.4 Å². The van der Waals surface area contributed by atoms with Crippen LogP contribution in [-0.4, -0.2) is 44.8 Å². The van der Waals surface area contributed by atoms with Crippen LogP contribution in [0.5, 0.6) is 0 Å². The molecule has 1 N–H and O–H groups in total. The third-order valence-electron chi connectivity index (χ3n) is 3.19. The molecule has 0 aliphatic carbocycles. The van der Waals surface area contributed by atoms with E-state index >= 15 is 0 Å². The number of carbonyl (C=O) groups is 4. The zero-order chi connectivity index (χ0) is 17.0. The zero-order valence-electron chi connectivity index (χ0n) is 12.7. The second kappa shape index (κ2) is 6.95. The largest absolute Gasteiger partial charge is 0.355 e. The number of rotatable bonds is 5. The van der Waals surface area contributed by atoms with Crippen molar-refractivity contribution in [1.82, 2.24) is 20.3 Å². The third-order valence-corrected chi connectivity index (χ3v) is 3.19. The lowest BCUT2D eigenvalue weighted by atomic mass is 10.0. The van der Waals surface area contributed by atoms with E-state index in [0.717, 1.165) is 0 Å². The number of aromatic nitrogens is 2. The van der Waals surface area contributed by atoms with Gasteiger partial charge in [0, 0.05) is 25.2 Å². The minimum Gasteiger partial charge on any atom is -0.337 e. The second-order valence-electron chi connectivity index (χ2n) is 5.28. The normalized spacial score (nSPS) is 15.7. The Morgan fingerprint density at radius 3 is 2.39 bits per heavy atom. The molecule has 1 saturated heterocycles. The maximum absolute atomic E-state index is 12.2. The first kappa shape index (κ1) is 16.5. The molecule has 9 heteroatoms. The maximum atomic E-state index is 12.2. The molecule has 9 nitrogen and oxygen atoms in total. The molecule has 0 radical (unpaired) electrons. The Kier molecular flexibility index (Phi) is 4.99. The quantitative estimate of drug-likeness (QED) is 0.749. The van der Waals surface area contributed by atoms with E-state index in [1.54, 1.807) is 13.8 Å². The van der Waals surface area contributed by atoms with Gasteiger partial charge < -0.3 is 10.2 Å². The number of nitrogens with zero attached hydrogens (tertiary/aromatic N) is 3. The van der Waals surface area contributed by atoms with Gasteiger partial charge in [-0.2, -0.15) is 0 Å². The minimum absolute atomic E-state index is 0.00439. The van der Waals surface area contributed by atoms with E-state index in [0.29, 0.717) is 5.06 Å². The van der Waals surface area contributed by atoms with E-state index in [1.165, 1.54) is 18.6 Å². The lowest BCUT2D eigenvalue weighted by Gasteiger charge is -2.22. The molecule has 1 aromatic rings. The Morgan fingerprint density at radius 1 is 1.22 bits per heavy atom. The summed E-state index contributed by atoms with van der Waals surface area (Å²) in [6.07, 6.45) is 4.02. The fourth-order valence-corrected chi connectivity index (χ4v) is 1.93. The topological polar surface area (TPSA) is 119 Å². The van der Waals surface area contributed by atoms with Gasteiger partial charge in [0.25, 0.3) is 17.7 Å². The summed E-state index contributed by atoms with van der Waals surface area (Å²) in [4.78, 5) is 59.6. The molecule has 1 aliphatic heterocycles. The predicted octanol–water partition coefficient (Wildman–Crippen LogP) is -0.162. The van der Waals surface area contributed by atoms with E-state index in [-0.39, 0.29) is 24.5 Å². The summed E-state index contributed by atoms with van der Waals surface area (Å²) in [5, 5.41) is 2.92. The number of hydrogen-bond donors (Lipinski definition) is 1. The Morgan fingerprint density at radius 2 is 1.87 bits per heavy atom. The van der Waals surface area contributed by atoms with Gasteiger partial charge in [-0.05, 0) is 5.92 Å². The van der Waals surface area contributed by atoms with Crippen LogP contribution >= 0.6 is 0 Å². The van der Waals surface area contributed by atoms with Crippen LogP contribution in [0.25, 0.3) is 0 Å². The highest BCUT2D eigenvalue weighted by Crippen LogP contribution is 2.14. The van der Waals surface area contributed by atoms with Gasteiger partial charge in [0.1, 0.15) is 11.7 Å². The zero-order valence-corrected chi connectivity index (χ0v) is 12.7. The van der Waals surface area contributed by atoms with E-state index in [1.807, 2.05) is 0 Å². The van der Waals surface area contributed by atoms with E-state index in [2.05, 4.69) is 15.3 Å². The molecule has 23 heavy (non-hydrogen) atoms. The molecule has 2 rings (SSSR count). The van der Waals surface area contributed by atoms with Gasteiger partial charge in [-0.25, -0.2) is 9.78 Å². The number of hydrogen-bond acceptors (Lipinski definition) is 7. The van der Waals surface area contributed by atoms with Crippen LogP contribution in [0.3, 0.4) is 0 Å². The summed E-state index contributed by atoms with van der Waals surface area (Å²) in [6, 6.07) is -1.04. The monoisotopic (exact) mass is 320 g/mol. The van der Waals surface area contributed by atoms with Crippen LogP contribution in [0, 0.1) is 5.92 Å². The van der Waals surface area contributed by atoms with Crippen LogP contribution < -0.4 is 5.32 Å². The molecule has 1 aromatic heterocycles. The van der Waals surface area contributed by atoms with Gasteiger partial charge >= 0.3 is 5.97 Å². The number of nitrogens with one attached hydrogen (secondary N) is 1. The Hall–Kier alpha value is -2.84. The molecule has 1 aliphatic rings. The molecule has 1 atom stereocenters. The number of hydroxylamine groups is 2. The SMILES string of the molecule is CC(C)C(NC(=O)c1cnccn1)C(=O)ON1C(=O)CCC1=O. The van der Waals surface area contributed by atoms with E-state index in [9.17, 15) is 19.2 Å². The fourth-order valence-electron chi connectivity index (χ4n) is 1.93. The van der Waals surface area contributed by atoms with Gasteiger partial charge in [0.15, 0.2) is 0 Å². The fraction of sp³-hybridized carbons (Fsp3) is 0.429. The summed E-state index contributed by atoms with van der Waals surface area (Å²) < 4.78 is 0. The molecule has 0 spiro atoms. The Bertz CT molecular complexity index is 615. The van der Waals surface area contributed by atoms with Crippen molar-refractivity contribution in [2.24, 2.45) is 5.92 Å². The summed E-state index contributed by atoms with van der Waals surface area (Å²) in [5.74, 6) is -2.97.